The maximum Gasteiger partial charge on any atom is 0.263 e. The Kier molecular flexibility index (Phi) is 4.98. The predicted molar refractivity (Wildman–Crippen MR) is 111 cm³/mol. The smallest absolute Gasteiger partial charge is 0.263 e. The monoisotopic (exact) mass is 408 g/mol. The van der Waals surface area contributed by atoms with Crippen LogP contribution in [0.2, 0.25) is 0 Å². The van der Waals surface area contributed by atoms with Crippen molar-refractivity contribution in [3.8, 4) is 16.9 Å². The molecule has 0 aliphatic rings. The van der Waals surface area contributed by atoms with E-state index in [-0.39, 0.29) is 23.7 Å². The zero-order valence-corrected chi connectivity index (χ0v) is 16.6. The van der Waals surface area contributed by atoms with E-state index in [1.165, 1.54) is 41.5 Å². The molecule has 0 aliphatic carbocycles. The zero-order chi connectivity index (χ0) is 20.5. The number of ether oxygens (including phenoxy) is 1. The third-order valence-electron chi connectivity index (χ3n) is 4.69. The molecule has 0 N–H and O–H groups in total. The number of aromatic nitrogens is 2. The minimum Gasteiger partial charge on any atom is -0.497 e. The summed E-state index contributed by atoms with van der Waals surface area (Å²) in [5.41, 5.74) is 1.63. The molecule has 0 unspecified atom stereocenters. The van der Waals surface area contributed by atoms with Crippen molar-refractivity contribution in [2.24, 2.45) is 0 Å². The number of hydrogen-bond acceptors (Lipinski definition) is 5. The van der Waals surface area contributed by atoms with Gasteiger partial charge < -0.3 is 4.74 Å². The Bertz CT molecular complexity index is 1280. The summed E-state index contributed by atoms with van der Waals surface area (Å²) in [4.78, 5) is 31.7. The normalized spacial score (nSPS) is 11.0. The fraction of sp³-hybridized carbons (Fsp3) is 0.136. The fourth-order valence-corrected chi connectivity index (χ4v) is 4.26. The summed E-state index contributed by atoms with van der Waals surface area (Å²) in [6.07, 6.45) is 1.40. The van der Waals surface area contributed by atoms with E-state index in [1.54, 1.807) is 36.4 Å². The number of nitrogens with zero attached hydrogens (tertiary/aromatic N) is 2. The number of hydrogen-bond donors (Lipinski definition) is 0. The molecule has 2 heterocycles. The molecular weight excluding hydrogens is 391 g/mol. The van der Waals surface area contributed by atoms with E-state index in [0.29, 0.717) is 21.5 Å². The third kappa shape index (κ3) is 3.56. The van der Waals surface area contributed by atoms with Crippen molar-refractivity contribution in [2.75, 3.05) is 7.11 Å². The molecule has 0 spiro atoms. The van der Waals surface area contributed by atoms with Crippen LogP contribution in [0.1, 0.15) is 15.2 Å². The number of ketones is 1. The summed E-state index contributed by atoms with van der Waals surface area (Å²) < 4.78 is 19.8. The molecule has 0 atom stereocenters. The van der Waals surface area contributed by atoms with Crippen molar-refractivity contribution in [2.45, 2.75) is 13.5 Å². The van der Waals surface area contributed by atoms with Gasteiger partial charge >= 0.3 is 0 Å². The van der Waals surface area contributed by atoms with Crippen molar-refractivity contribution in [3.05, 3.63) is 81.5 Å². The molecule has 2 aromatic carbocycles. The molecule has 0 saturated carbocycles. The molecule has 7 heteroatoms. The highest BCUT2D eigenvalue weighted by molar-refractivity contribution is 7.19. The average Bonchev–Trinajstić information content (AvgIpc) is 3.07. The molecular formula is C22H17FN2O3S. The lowest BCUT2D eigenvalue weighted by Gasteiger charge is -2.07. The van der Waals surface area contributed by atoms with E-state index < -0.39 is 0 Å². The number of thiophene rings is 1. The van der Waals surface area contributed by atoms with Crippen LogP contribution in [0.4, 0.5) is 4.39 Å². The molecule has 0 amide bonds. The Balaban J connectivity index is 1.77. The number of carbonyl (C=O) groups is 1. The summed E-state index contributed by atoms with van der Waals surface area (Å²) in [6.45, 7) is 1.77. The van der Waals surface area contributed by atoms with Crippen LogP contribution in [0, 0.1) is 12.7 Å². The first-order chi connectivity index (χ1) is 14.0. The first-order valence-corrected chi connectivity index (χ1v) is 9.71. The fourth-order valence-electron chi connectivity index (χ4n) is 3.26. The minimum atomic E-state index is -0.342. The highest BCUT2D eigenvalue weighted by Gasteiger charge is 2.18. The molecule has 0 fully saturated rings. The number of methoxy groups -OCH3 is 1. The van der Waals surface area contributed by atoms with Gasteiger partial charge in [-0.1, -0.05) is 24.3 Å². The number of fused-ring (bicyclic) bond motifs is 1. The van der Waals surface area contributed by atoms with Gasteiger partial charge in [-0.15, -0.1) is 11.3 Å². The summed E-state index contributed by atoms with van der Waals surface area (Å²) in [5, 5.41) is 0.444. The highest BCUT2D eigenvalue weighted by Crippen LogP contribution is 2.35. The zero-order valence-electron chi connectivity index (χ0n) is 15.8. The lowest BCUT2D eigenvalue weighted by atomic mass is 10.0. The highest BCUT2D eigenvalue weighted by atomic mass is 32.1. The van der Waals surface area contributed by atoms with Gasteiger partial charge in [0, 0.05) is 16.0 Å². The number of halogens is 1. The molecule has 2 aromatic heterocycles. The number of benzene rings is 2. The van der Waals surface area contributed by atoms with Crippen LogP contribution in [-0.4, -0.2) is 22.4 Å². The molecule has 29 heavy (non-hydrogen) atoms. The van der Waals surface area contributed by atoms with Crippen molar-refractivity contribution in [3.63, 3.8) is 0 Å². The molecule has 0 radical (unpaired) electrons. The van der Waals surface area contributed by atoms with E-state index in [0.717, 1.165) is 16.0 Å². The Morgan fingerprint density at radius 2 is 1.97 bits per heavy atom. The van der Waals surface area contributed by atoms with E-state index in [1.807, 2.05) is 6.92 Å². The minimum absolute atomic E-state index is 0.132. The lowest BCUT2D eigenvalue weighted by Crippen LogP contribution is -2.24. The van der Waals surface area contributed by atoms with Crippen LogP contribution in [0.5, 0.6) is 5.75 Å². The van der Waals surface area contributed by atoms with Gasteiger partial charge in [-0.25, -0.2) is 9.37 Å². The summed E-state index contributed by atoms with van der Waals surface area (Å²) >= 11 is 1.40. The van der Waals surface area contributed by atoms with Gasteiger partial charge in [-0.3, -0.25) is 14.2 Å². The van der Waals surface area contributed by atoms with Gasteiger partial charge in [-0.05, 0) is 36.8 Å². The van der Waals surface area contributed by atoms with Gasteiger partial charge in [-0.2, -0.15) is 0 Å². The van der Waals surface area contributed by atoms with Gasteiger partial charge in [0.05, 0.1) is 25.4 Å². The quantitative estimate of drug-likeness (QED) is 0.457. The molecule has 4 rings (SSSR count). The summed E-state index contributed by atoms with van der Waals surface area (Å²) in [7, 11) is 1.53. The number of Topliss-reactive ketones (excluding diaryl/α,β-unsaturated/α-hetero) is 1. The summed E-state index contributed by atoms with van der Waals surface area (Å²) in [5.74, 6) is 0.0108. The van der Waals surface area contributed by atoms with E-state index in [2.05, 4.69) is 4.98 Å². The van der Waals surface area contributed by atoms with E-state index in [4.69, 9.17) is 4.74 Å². The van der Waals surface area contributed by atoms with Crippen LogP contribution < -0.4 is 10.3 Å². The topological polar surface area (TPSA) is 61.2 Å². The molecule has 0 bridgehead atoms. The van der Waals surface area contributed by atoms with Crippen molar-refractivity contribution >= 4 is 27.3 Å². The average molecular weight is 408 g/mol. The maximum atomic E-state index is 13.3. The van der Waals surface area contributed by atoms with Crippen LogP contribution in [0.3, 0.4) is 0 Å². The van der Waals surface area contributed by atoms with Crippen molar-refractivity contribution < 1.29 is 13.9 Å². The molecule has 0 aliphatic heterocycles. The van der Waals surface area contributed by atoms with Crippen LogP contribution in [0.15, 0.2) is 59.7 Å². The van der Waals surface area contributed by atoms with E-state index >= 15 is 0 Å². The van der Waals surface area contributed by atoms with E-state index in [9.17, 15) is 14.0 Å². The maximum absolute atomic E-state index is 13.3. The van der Waals surface area contributed by atoms with Gasteiger partial charge in [0.2, 0.25) is 0 Å². The Labute approximate surface area is 170 Å². The molecule has 5 nitrogen and oxygen atoms in total. The lowest BCUT2D eigenvalue weighted by molar-refractivity contribution is 0.0970. The van der Waals surface area contributed by atoms with Crippen molar-refractivity contribution in [1.29, 1.82) is 0 Å². The number of aryl methyl sites for hydroxylation is 1. The predicted octanol–water partition coefficient (Wildman–Crippen LogP) is 4.46. The second kappa shape index (κ2) is 7.60. The first-order valence-electron chi connectivity index (χ1n) is 8.89. The van der Waals surface area contributed by atoms with Crippen molar-refractivity contribution in [1.82, 2.24) is 9.55 Å². The third-order valence-corrected chi connectivity index (χ3v) is 5.71. The van der Waals surface area contributed by atoms with Gasteiger partial charge in [0.1, 0.15) is 16.4 Å². The van der Waals surface area contributed by atoms with Gasteiger partial charge in [0.25, 0.3) is 5.56 Å². The standard InChI is InChI=1S/C22H17FN2O3S/c1-13-19(14-6-8-16(23)9-7-14)20-21(29-13)24-12-25(22(20)27)11-18(26)15-4-3-5-17(10-15)28-2/h3-10,12H,11H2,1-2H3. The number of carbonyl (C=O) groups excluding carboxylic acids is 1. The molecule has 146 valence electrons. The first kappa shape index (κ1) is 19.0. The van der Waals surface area contributed by atoms with Crippen LogP contribution in [0.25, 0.3) is 21.3 Å². The second-order valence-corrected chi connectivity index (χ2v) is 7.76. The van der Waals surface area contributed by atoms with Gasteiger partial charge in [0.15, 0.2) is 5.78 Å². The second-order valence-electron chi connectivity index (χ2n) is 6.55. The Hall–Kier alpha value is -3.32. The SMILES string of the molecule is COc1cccc(C(=O)Cn2cnc3sc(C)c(-c4ccc(F)cc4)c3c2=O)c1. The molecule has 0 saturated heterocycles. The largest absolute Gasteiger partial charge is 0.497 e. The van der Waals surface area contributed by atoms with Crippen LogP contribution >= 0.6 is 11.3 Å². The number of rotatable bonds is 5. The Morgan fingerprint density at radius 1 is 1.21 bits per heavy atom. The molecule has 4 aromatic rings. The van der Waals surface area contributed by atoms with Crippen LogP contribution in [-0.2, 0) is 6.54 Å². The Morgan fingerprint density at radius 3 is 2.69 bits per heavy atom. The summed E-state index contributed by atoms with van der Waals surface area (Å²) in [6, 6.07) is 12.8.